The molecular weight excluding hydrogens is 202 g/mol. The summed E-state index contributed by atoms with van der Waals surface area (Å²) in [5.74, 6) is 0. The van der Waals surface area contributed by atoms with Crippen molar-refractivity contribution in [3.8, 4) is 0 Å². The lowest BCUT2D eigenvalue weighted by atomic mass is 10.3. The number of nitrogens with one attached hydrogen (secondary N) is 1. The van der Waals surface area contributed by atoms with E-state index in [0.29, 0.717) is 0 Å². The fraction of sp³-hybridized carbons (Fsp3) is 0.364. The van der Waals surface area contributed by atoms with Crippen LogP contribution in [0.4, 0.5) is 0 Å². The minimum Gasteiger partial charge on any atom is -0.311 e. The second-order valence-corrected chi connectivity index (χ2v) is 3.60. The van der Waals surface area contributed by atoms with Gasteiger partial charge in [-0.2, -0.15) is 0 Å². The first kappa shape index (κ1) is 10.8. The van der Waals surface area contributed by atoms with Crippen molar-refractivity contribution < 1.29 is 0 Å². The van der Waals surface area contributed by atoms with Crippen molar-refractivity contribution in [3.63, 3.8) is 0 Å². The summed E-state index contributed by atoms with van der Waals surface area (Å²) in [6, 6.07) is 5.97. The minimum absolute atomic E-state index is 0.788. The molecular formula is C11H15N5. The molecule has 16 heavy (non-hydrogen) atoms. The van der Waals surface area contributed by atoms with Gasteiger partial charge in [0.1, 0.15) is 0 Å². The van der Waals surface area contributed by atoms with Gasteiger partial charge in [0, 0.05) is 38.4 Å². The molecule has 0 bridgehead atoms. The maximum atomic E-state index is 4.26. The van der Waals surface area contributed by atoms with Crippen LogP contribution in [-0.4, -0.2) is 26.5 Å². The number of pyridine rings is 1. The Morgan fingerprint density at radius 2 is 2.31 bits per heavy atom. The molecule has 5 heteroatoms. The molecule has 2 aromatic heterocycles. The van der Waals surface area contributed by atoms with E-state index in [-0.39, 0.29) is 0 Å². The number of hydrogen-bond acceptors (Lipinski definition) is 4. The van der Waals surface area contributed by atoms with E-state index in [1.807, 2.05) is 31.4 Å². The normalized spacial score (nSPS) is 10.6. The van der Waals surface area contributed by atoms with Gasteiger partial charge >= 0.3 is 0 Å². The minimum atomic E-state index is 0.788. The van der Waals surface area contributed by atoms with Gasteiger partial charge in [0.05, 0.1) is 11.9 Å². The van der Waals surface area contributed by atoms with Gasteiger partial charge in [0.25, 0.3) is 0 Å². The predicted octanol–water partition coefficient (Wildman–Crippen LogP) is 0.542. The zero-order chi connectivity index (χ0) is 11.2. The summed E-state index contributed by atoms with van der Waals surface area (Å²) in [5, 5.41) is 11.0. The van der Waals surface area contributed by atoms with Gasteiger partial charge < -0.3 is 5.32 Å². The molecule has 0 spiro atoms. The van der Waals surface area contributed by atoms with E-state index < -0.39 is 0 Å². The highest BCUT2D eigenvalue weighted by Crippen LogP contribution is 1.95. The van der Waals surface area contributed by atoms with Crippen molar-refractivity contribution in [2.75, 3.05) is 6.54 Å². The topological polar surface area (TPSA) is 55.6 Å². The van der Waals surface area contributed by atoms with E-state index in [9.17, 15) is 0 Å². The van der Waals surface area contributed by atoms with Crippen molar-refractivity contribution in [1.29, 1.82) is 0 Å². The predicted molar refractivity (Wildman–Crippen MR) is 60.7 cm³/mol. The van der Waals surface area contributed by atoms with E-state index in [4.69, 9.17) is 0 Å². The number of hydrogen-bond donors (Lipinski definition) is 1. The third-order valence-electron chi connectivity index (χ3n) is 2.40. The number of aryl methyl sites for hydroxylation is 1. The van der Waals surface area contributed by atoms with E-state index in [2.05, 4.69) is 20.6 Å². The third kappa shape index (κ3) is 2.87. The van der Waals surface area contributed by atoms with Crippen LogP contribution in [0.25, 0.3) is 0 Å². The van der Waals surface area contributed by atoms with Gasteiger partial charge in [0.15, 0.2) is 0 Å². The molecule has 0 atom stereocenters. The largest absolute Gasteiger partial charge is 0.311 e. The van der Waals surface area contributed by atoms with Crippen molar-refractivity contribution in [2.24, 2.45) is 7.05 Å². The molecule has 0 amide bonds. The van der Waals surface area contributed by atoms with Crippen LogP contribution < -0.4 is 5.32 Å². The Labute approximate surface area is 94.5 Å². The zero-order valence-corrected chi connectivity index (χ0v) is 9.30. The summed E-state index contributed by atoms with van der Waals surface area (Å²) < 4.78 is 1.77. The first-order chi connectivity index (χ1) is 7.86. The molecule has 2 aromatic rings. The Balaban J connectivity index is 1.72. The summed E-state index contributed by atoms with van der Waals surface area (Å²) in [6.45, 7) is 1.69. The Bertz CT molecular complexity index is 423. The molecule has 0 aliphatic rings. The van der Waals surface area contributed by atoms with E-state index in [1.165, 1.54) is 0 Å². The lowest BCUT2D eigenvalue weighted by Crippen LogP contribution is -2.18. The molecule has 5 nitrogen and oxygen atoms in total. The van der Waals surface area contributed by atoms with Crippen molar-refractivity contribution in [3.05, 3.63) is 42.0 Å². The summed E-state index contributed by atoms with van der Waals surface area (Å²) in [5.41, 5.74) is 2.19. The first-order valence-electron chi connectivity index (χ1n) is 5.30. The Hall–Kier alpha value is -1.75. The molecule has 84 valence electrons. The van der Waals surface area contributed by atoms with Gasteiger partial charge in [-0.05, 0) is 12.1 Å². The van der Waals surface area contributed by atoms with Gasteiger partial charge in [-0.3, -0.25) is 9.67 Å². The fourth-order valence-corrected chi connectivity index (χ4v) is 1.45. The van der Waals surface area contributed by atoms with E-state index in [1.54, 1.807) is 10.9 Å². The van der Waals surface area contributed by atoms with Crippen molar-refractivity contribution in [1.82, 2.24) is 25.3 Å². The molecule has 2 heterocycles. The standard InChI is InChI=1S/C11H15N5/c1-16-11(9-14-15-16)8-12-7-5-10-4-2-3-6-13-10/h2-4,6,9,12H,5,7-8H2,1H3. The third-order valence-corrected chi connectivity index (χ3v) is 2.40. The van der Waals surface area contributed by atoms with Crippen molar-refractivity contribution in [2.45, 2.75) is 13.0 Å². The van der Waals surface area contributed by atoms with Gasteiger partial charge in [0.2, 0.25) is 0 Å². The van der Waals surface area contributed by atoms with Crippen LogP contribution in [0.1, 0.15) is 11.4 Å². The maximum Gasteiger partial charge on any atom is 0.0738 e. The average molecular weight is 217 g/mol. The van der Waals surface area contributed by atoms with Crippen LogP contribution in [0.2, 0.25) is 0 Å². The summed E-state index contributed by atoms with van der Waals surface area (Å²) in [4.78, 5) is 4.26. The quantitative estimate of drug-likeness (QED) is 0.743. The van der Waals surface area contributed by atoms with Gasteiger partial charge in [-0.15, -0.1) is 5.10 Å². The van der Waals surface area contributed by atoms with Crippen LogP contribution in [0.3, 0.4) is 0 Å². The molecule has 0 aliphatic carbocycles. The molecule has 1 N–H and O–H groups in total. The fourth-order valence-electron chi connectivity index (χ4n) is 1.45. The monoisotopic (exact) mass is 217 g/mol. The van der Waals surface area contributed by atoms with Gasteiger partial charge in [-0.1, -0.05) is 11.3 Å². The lowest BCUT2D eigenvalue weighted by molar-refractivity contribution is 0.614. The first-order valence-corrected chi connectivity index (χ1v) is 5.30. The number of rotatable bonds is 5. The Morgan fingerprint density at radius 1 is 1.38 bits per heavy atom. The molecule has 0 aromatic carbocycles. The highest BCUT2D eigenvalue weighted by molar-refractivity contribution is 5.03. The molecule has 0 unspecified atom stereocenters. The average Bonchev–Trinajstić information content (AvgIpc) is 2.72. The van der Waals surface area contributed by atoms with E-state index >= 15 is 0 Å². The highest BCUT2D eigenvalue weighted by Gasteiger charge is 1.98. The van der Waals surface area contributed by atoms with Crippen molar-refractivity contribution >= 4 is 0 Å². The number of nitrogens with zero attached hydrogens (tertiary/aromatic N) is 4. The smallest absolute Gasteiger partial charge is 0.0738 e. The highest BCUT2D eigenvalue weighted by atomic mass is 15.4. The van der Waals surface area contributed by atoms with Crippen LogP contribution in [0.15, 0.2) is 30.6 Å². The van der Waals surface area contributed by atoms with E-state index in [0.717, 1.165) is 30.9 Å². The maximum absolute atomic E-state index is 4.26. The Kier molecular flexibility index (Phi) is 3.61. The van der Waals surface area contributed by atoms with Crippen LogP contribution in [0, 0.1) is 0 Å². The summed E-state index contributed by atoms with van der Waals surface area (Å²) >= 11 is 0. The second-order valence-electron chi connectivity index (χ2n) is 3.60. The molecule has 0 aliphatic heterocycles. The molecule has 2 rings (SSSR count). The summed E-state index contributed by atoms with van der Waals surface area (Å²) in [6.07, 6.45) is 4.53. The van der Waals surface area contributed by atoms with Crippen LogP contribution in [0.5, 0.6) is 0 Å². The van der Waals surface area contributed by atoms with Crippen LogP contribution in [-0.2, 0) is 20.0 Å². The Morgan fingerprint density at radius 3 is 3.00 bits per heavy atom. The summed E-state index contributed by atoms with van der Waals surface area (Å²) in [7, 11) is 1.89. The molecule has 0 saturated carbocycles. The molecule has 0 radical (unpaired) electrons. The zero-order valence-electron chi connectivity index (χ0n) is 9.30. The second kappa shape index (κ2) is 5.37. The number of aromatic nitrogens is 4. The lowest BCUT2D eigenvalue weighted by Gasteiger charge is -2.03. The molecule has 0 fully saturated rings. The van der Waals surface area contributed by atoms with Gasteiger partial charge in [-0.25, -0.2) is 0 Å². The van der Waals surface area contributed by atoms with Crippen LogP contribution >= 0.6 is 0 Å². The molecule has 0 saturated heterocycles. The SMILES string of the molecule is Cn1nncc1CNCCc1ccccn1.